The highest BCUT2D eigenvalue weighted by molar-refractivity contribution is 6.31. The van der Waals surface area contributed by atoms with Crippen LogP contribution in [0.15, 0.2) is 36.9 Å². The van der Waals surface area contributed by atoms with E-state index in [1.807, 2.05) is 23.1 Å². The fraction of sp³-hybridized carbons (Fsp3) is 0.600. The fourth-order valence-corrected chi connectivity index (χ4v) is 3.35. The number of benzene rings is 1. The van der Waals surface area contributed by atoms with Gasteiger partial charge in [0.15, 0.2) is 0 Å². The van der Waals surface area contributed by atoms with Crippen LogP contribution in [0.3, 0.4) is 0 Å². The van der Waals surface area contributed by atoms with Crippen molar-refractivity contribution in [1.29, 1.82) is 0 Å². The number of aryl methyl sites for hydroxylation is 1. The number of hydrogen-bond acceptors (Lipinski definition) is 2. The van der Waals surface area contributed by atoms with Crippen molar-refractivity contribution in [3.05, 3.63) is 47.5 Å². The summed E-state index contributed by atoms with van der Waals surface area (Å²) in [5, 5.41) is 5.29. The summed E-state index contributed by atoms with van der Waals surface area (Å²) in [6, 6.07) is 8.56. The van der Waals surface area contributed by atoms with Crippen LogP contribution in [0.5, 0.6) is 0 Å². The number of nitrogens with zero attached hydrogens (tertiary/aromatic N) is 3. The van der Waals surface area contributed by atoms with E-state index in [2.05, 4.69) is 49.9 Å². The first-order chi connectivity index (χ1) is 11.4. The highest BCUT2D eigenvalue weighted by atomic mass is 35.5. The predicted molar refractivity (Wildman–Crippen MR) is 101 cm³/mol. The average Bonchev–Trinajstić information content (AvgIpc) is 3.05. The van der Waals surface area contributed by atoms with E-state index in [1.165, 1.54) is 24.8 Å². The summed E-state index contributed by atoms with van der Waals surface area (Å²) in [6.45, 7) is 9.24. The summed E-state index contributed by atoms with van der Waals surface area (Å²) in [5.41, 5.74) is 1.52. The van der Waals surface area contributed by atoms with Crippen LogP contribution in [-0.2, 0) is 6.42 Å². The molecule has 1 heterocycles. The van der Waals surface area contributed by atoms with Gasteiger partial charge in [-0.25, -0.2) is 9.67 Å². The Morgan fingerprint density at radius 2 is 1.88 bits per heavy atom. The summed E-state index contributed by atoms with van der Waals surface area (Å²) in [6.07, 6.45) is 9.30. The number of hydrogen-bond donors (Lipinski definition) is 0. The molecule has 0 saturated heterocycles. The summed E-state index contributed by atoms with van der Waals surface area (Å²) < 4.78 is 2.05. The standard InChI is InChI=1S/C20H30ClN3/c1-16(20(2,3)4)19(24-15-22-14-23-24)13-7-5-6-10-17-11-8-9-12-18(17)21/h8-9,11-12,14-16,19H,5-7,10,13H2,1-4H3. The zero-order valence-corrected chi connectivity index (χ0v) is 16.1. The lowest BCUT2D eigenvalue weighted by Gasteiger charge is -2.34. The third-order valence-electron chi connectivity index (χ3n) is 5.12. The van der Waals surface area contributed by atoms with Gasteiger partial charge in [0.1, 0.15) is 12.7 Å². The molecule has 0 saturated carbocycles. The zero-order valence-electron chi connectivity index (χ0n) is 15.4. The average molecular weight is 348 g/mol. The SMILES string of the molecule is CC(C(CCCCCc1ccccc1Cl)n1cncn1)C(C)(C)C. The molecule has 2 rings (SSSR count). The Morgan fingerprint density at radius 1 is 1.12 bits per heavy atom. The molecule has 0 aliphatic carbocycles. The molecular weight excluding hydrogens is 318 g/mol. The highest BCUT2D eigenvalue weighted by Gasteiger charge is 2.29. The van der Waals surface area contributed by atoms with Gasteiger partial charge in [0.25, 0.3) is 0 Å². The van der Waals surface area contributed by atoms with Crippen LogP contribution in [-0.4, -0.2) is 14.8 Å². The van der Waals surface area contributed by atoms with Crippen molar-refractivity contribution in [2.75, 3.05) is 0 Å². The fourth-order valence-electron chi connectivity index (χ4n) is 3.12. The Labute approximate surface area is 151 Å². The van der Waals surface area contributed by atoms with Crippen LogP contribution < -0.4 is 0 Å². The molecule has 0 aliphatic rings. The minimum Gasteiger partial charge on any atom is -0.250 e. The van der Waals surface area contributed by atoms with Crippen molar-refractivity contribution in [2.24, 2.45) is 11.3 Å². The first-order valence-corrected chi connectivity index (χ1v) is 9.35. The smallest absolute Gasteiger partial charge is 0.137 e. The Hall–Kier alpha value is -1.35. The molecule has 0 amide bonds. The van der Waals surface area contributed by atoms with Crippen molar-refractivity contribution in [3.63, 3.8) is 0 Å². The summed E-state index contributed by atoms with van der Waals surface area (Å²) in [4.78, 5) is 4.14. The third kappa shape index (κ3) is 5.34. The van der Waals surface area contributed by atoms with Crippen LogP contribution in [0.2, 0.25) is 5.02 Å². The molecule has 1 aromatic carbocycles. The van der Waals surface area contributed by atoms with E-state index in [-0.39, 0.29) is 5.41 Å². The molecule has 0 aliphatic heterocycles. The maximum Gasteiger partial charge on any atom is 0.137 e. The van der Waals surface area contributed by atoms with Crippen molar-refractivity contribution in [1.82, 2.24) is 14.8 Å². The van der Waals surface area contributed by atoms with Gasteiger partial charge in [-0.1, -0.05) is 70.3 Å². The van der Waals surface area contributed by atoms with Crippen LogP contribution in [0.1, 0.15) is 65.0 Å². The largest absolute Gasteiger partial charge is 0.250 e. The molecule has 4 heteroatoms. The van der Waals surface area contributed by atoms with Crippen molar-refractivity contribution < 1.29 is 0 Å². The molecule has 24 heavy (non-hydrogen) atoms. The second-order valence-electron chi connectivity index (χ2n) is 7.79. The lowest BCUT2D eigenvalue weighted by atomic mass is 9.76. The second kappa shape index (κ2) is 8.66. The van der Waals surface area contributed by atoms with Crippen LogP contribution in [0.4, 0.5) is 0 Å². The van der Waals surface area contributed by atoms with Gasteiger partial charge < -0.3 is 0 Å². The van der Waals surface area contributed by atoms with E-state index < -0.39 is 0 Å². The molecule has 132 valence electrons. The summed E-state index contributed by atoms with van der Waals surface area (Å²) >= 11 is 6.23. The van der Waals surface area contributed by atoms with E-state index in [9.17, 15) is 0 Å². The van der Waals surface area contributed by atoms with E-state index >= 15 is 0 Å². The lowest BCUT2D eigenvalue weighted by molar-refractivity contribution is 0.159. The van der Waals surface area contributed by atoms with E-state index in [0.29, 0.717) is 12.0 Å². The minimum absolute atomic E-state index is 0.258. The lowest BCUT2D eigenvalue weighted by Crippen LogP contribution is -2.28. The molecule has 0 radical (unpaired) electrons. The monoisotopic (exact) mass is 347 g/mol. The molecule has 2 unspecified atom stereocenters. The second-order valence-corrected chi connectivity index (χ2v) is 8.20. The maximum absolute atomic E-state index is 6.23. The van der Waals surface area contributed by atoms with Crippen molar-refractivity contribution >= 4 is 11.6 Å². The van der Waals surface area contributed by atoms with Crippen molar-refractivity contribution in [3.8, 4) is 0 Å². The van der Waals surface area contributed by atoms with Gasteiger partial charge in [0.05, 0.1) is 6.04 Å². The van der Waals surface area contributed by atoms with E-state index in [0.717, 1.165) is 17.9 Å². The molecule has 2 atom stereocenters. The van der Waals surface area contributed by atoms with Gasteiger partial charge in [-0.3, -0.25) is 0 Å². The zero-order chi connectivity index (χ0) is 17.6. The van der Waals surface area contributed by atoms with Crippen molar-refractivity contribution in [2.45, 2.75) is 65.8 Å². The topological polar surface area (TPSA) is 30.7 Å². The summed E-state index contributed by atoms with van der Waals surface area (Å²) in [5.74, 6) is 0.544. The third-order valence-corrected chi connectivity index (χ3v) is 5.49. The molecule has 0 spiro atoms. The first kappa shape index (κ1) is 19.0. The normalized spacial score (nSPS) is 14.5. The van der Waals surface area contributed by atoms with Gasteiger partial charge in [-0.2, -0.15) is 5.10 Å². The van der Waals surface area contributed by atoms with Gasteiger partial charge in [0.2, 0.25) is 0 Å². The summed E-state index contributed by atoms with van der Waals surface area (Å²) in [7, 11) is 0. The molecule has 3 nitrogen and oxygen atoms in total. The minimum atomic E-state index is 0.258. The maximum atomic E-state index is 6.23. The first-order valence-electron chi connectivity index (χ1n) is 8.97. The Balaban J connectivity index is 1.84. The Kier molecular flexibility index (Phi) is 6.85. The molecular formula is C20H30ClN3. The Bertz CT molecular complexity index is 602. The van der Waals surface area contributed by atoms with Crippen LogP contribution in [0.25, 0.3) is 0 Å². The van der Waals surface area contributed by atoms with Gasteiger partial charge in [0, 0.05) is 5.02 Å². The number of halogens is 1. The van der Waals surface area contributed by atoms with E-state index in [4.69, 9.17) is 11.6 Å². The van der Waals surface area contributed by atoms with Crippen LogP contribution >= 0.6 is 11.6 Å². The number of rotatable bonds is 8. The molecule has 1 aromatic heterocycles. The molecule has 0 fully saturated rings. The highest BCUT2D eigenvalue weighted by Crippen LogP contribution is 2.37. The van der Waals surface area contributed by atoms with Crippen LogP contribution in [0, 0.1) is 11.3 Å². The number of aromatic nitrogens is 3. The van der Waals surface area contributed by atoms with Gasteiger partial charge in [-0.05, 0) is 42.2 Å². The van der Waals surface area contributed by atoms with Gasteiger partial charge >= 0.3 is 0 Å². The molecule has 0 bridgehead atoms. The van der Waals surface area contributed by atoms with Gasteiger partial charge in [-0.15, -0.1) is 0 Å². The van der Waals surface area contributed by atoms with E-state index in [1.54, 1.807) is 6.33 Å². The molecule has 0 N–H and O–H groups in total. The molecule has 2 aromatic rings. The predicted octanol–water partition coefficient (Wildman–Crippen LogP) is 5.96. The number of unbranched alkanes of at least 4 members (excludes halogenated alkanes) is 2. The Morgan fingerprint density at radius 3 is 2.50 bits per heavy atom. The quantitative estimate of drug-likeness (QED) is 0.552.